The van der Waals surface area contributed by atoms with E-state index in [2.05, 4.69) is 87.8 Å². The Morgan fingerprint density at radius 1 is 1.09 bits per heavy atom. The van der Waals surface area contributed by atoms with Gasteiger partial charge in [-0.2, -0.15) is 0 Å². The van der Waals surface area contributed by atoms with Crippen molar-refractivity contribution in [1.82, 2.24) is 10.2 Å². The van der Waals surface area contributed by atoms with Gasteiger partial charge in [-0.3, -0.25) is 4.79 Å². The van der Waals surface area contributed by atoms with Gasteiger partial charge in [0.2, 0.25) is 5.91 Å². The number of carbonyl (C=O) groups is 1. The van der Waals surface area contributed by atoms with Crippen LogP contribution in [0, 0.1) is 11.3 Å². The van der Waals surface area contributed by atoms with Gasteiger partial charge in [-0.15, -0.1) is 0 Å². The molecule has 2 unspecified atom stereocenters. The third kappa shape index (κ3) is 6.48. The van der Waals surface area contributed by atoms with Crippen LogP contribution in [-0.4, -0.2) is 31.5 Å². The molecule has 1 aliphatic heterocycles. The summed E-state index contributed by atoms with van der Waals surface area (Å²) in [5.74, 6) is 1.20. The Labute approximate surface area is 215 Å². The number of benzene rings is 2. The molecule has 194 valence electrons. The summed E-state index contributed by atoms with van der Waals surface area (Å²) in [5, 5.41) is 3.19. The van der Waals surface area contributed by atoms with Crippen molar-refractivity contribution in [3.63, 3.8) is 0 Å². The highest BCUT2D eigenvalue weighted by Crippen LogP contribution is 2.51. The molecular formula is C31H48N2O2. The minimum atomic E-state index is -0.465. The molecule has 1 aliphatic rings. The summed E-state index contributed by atoms with van der Waals surface area (Å²) in [7, 11) is 3.58. The molecule has 1 fully saturated rings. The summed E-state index contributed by atoms with van der Waals surface area (Å²) in [6.45, 7) is 19.7. The van der Waals surface area contributed by atoms with E-state index in [1.807, 2.05) is 33.0 Å². The van der Waals surface area contributed by atoms with E-state index in [1.165, 1.54) is 16.7 Å². The van der Waals surface area contributed by atoms with E-state index in [1.54, 1.807) is 7.11 Å². The Morgan fingerprint density at radius 2 is 1.66 bits per heavy atom. The number of hydrogen-bond donors (Lipinski definition) is 1. The van der Waals surface area contributed by atoms with Crippen LogP contribution in [0.15, 0.2) is 60.8 Å². The van der Waals surface area contributed by atoms with Crippen molar-refractivity contribution in [3.05, 3.63) is 77.5 Å². The quantitative estimate of drug-likeness (QED) is 0.436. The van der Waals surface area contributed by atoms with Gasteiger partial charge in [0.05, 0.1) is 13.2 Å². The fourth-order valence-corrected chi connectivity index (χ4v) is 4.88. The van der Waals surface area contributed by atoms with Crippen LogP contribution < -0.4 is 10.1 Å². The number of amides is 1. The molecule has 1 amide bonds. The van der Waals surface area contributed by atoms with E-state index in [-0.39, 0.29) is 24.7 Å². The second-order valence-electron chi connectivity index (χ2n) is 10.8. The smallest absolute Gasteiger partial charge is 0.229 e. The summed E-state index contributed by atoms with van der Waals surface area (Å²) in [4.78, 5) is 15.8. The van der Waals surface area contributed by atoms with Gasteiger partial charge in [-0.05, 0) is 47.1 Å². The Hall–Kier alpha value is -2.75. The Kier molecular flexibility index (Phi) is 9.60. The molecule has 4 nitrogen and oxygen atoms in total. The summed E-state index contributed by atoms with van der Waals surface area (Å²) in [6.07, 6.45) is 1.57. The summed E-state index contributed by atoms with van der Waals surface area (Å²) < 4.78 is 5.28. The molecule has 2 aromatic rings. The molecule has 1 N–H and O–H groups in total. The summed E-state index contributed by atoms with van der Waals surface area (Å²) in [6, 6.07) is 17.0. The number of carbonyl (C=O) groups excluding carboxylic acids is 1. The second-order valence-corrected chi connectivity index (χ2v) is 10.8. The molecule has 35 heavy (non-hydrogen) atoms. The molecule has 0 spiro atoms. The zero-order chi connectivity index (χ0) is 26.4. The van der Waals surface area contributed by atoms with Crippen LogP contribution in [0.4, 0.5) is 0 Å². The molecule has 4 heteroatoms. The molecule has 0 bridgehead atoms. The van der Waals surface area contributed by atoms with Crippen molar-refractivity contribution >= 4 is 5.91 Å². The first-order valence-electron chi connectivity index (χ1n) is 12.9. The van der Waals surface area contributed by atoms with Crippen LogP contribution in [-0.2, 0) is 16.6 Å². The Balaban J connectivity index is 0.00000211. The second kappa shape index (κ2) is 11.8. The van der Waals surface area contributed by atoms with Crippen LogP contribution in [0.2, 0.25) is 0 Å². The third-order valence-corrected chi connectivity index (χ3v) is 7.19. The summed E-state index contributed by atoms with van der Waals surface area (Å²) >= 11 is 0. The zero-order valence-electron chi connectivity index (χ0n) is 23.4. The monoisotopic (exact) mass is 480 g/mol. The highest BCUT2D eigenvalue weighted by molar-refractivity contribution is 5.85. The molecule has 1 heterocycles. The highest BCUT2D eigenvalue weighted by atomic mass is 16.5. The van der Waals surface area contributed by atoms with E-state index in [0.717, 1.165) is 24.3 Å². The van der Waals surface area contributed by atoms with Gasteiger partial charge in [-0.25, -0.2) is 0 Å². The van der Waals surface area contributed by atoms with E-state index in [9.17, 15) is 4.79 Å². The topological polar surface area (TPSA) is 41.6 Å². The van der Waals surface area contributed by atoms with Crippen molar-refractivity contribution < 1.29 is 11.0 Å². The van der Waals surface area contributed by atoms with Gasteiger partial charge in [0.25, 0.3) is 0 Å². The lowest BCUT2D eigenvalue weighted by Crippen LogP contribution is -2.34. The highest BCUT2D eigenvalue weighted by Gasteiger charge is 2.53. The fraction of sp³-hybridized carbons (Fsp3) is 0.516. The third-order valence-electron chi connectivity index (χ3n) is 7.19. The summed E-state index contributed by atoms with van der Waals surface area (Å²) in [5.41, 5.74) is 4.30. The first-order chi connectivity index (χ1) is 16.5. The number of allylic oxidation sites excluding steroid dienone is 1. The van der Waals surface area contributed by atoms with Gasteiger partial charge >= 0.3 is 0 Å². The maximum absolute atomic E-state index is 13.7. The normalized spacial score (nSPS) is 19.1. The van der Waals surface area contributed by atoms with E-state index < -0.39 is 5.41 Å². The zero-order valence-corrected chi connectivity index (χ0v) is 23.4. The van der Waals surface area contributed by atoms with Crippen molar-refractivity contribution in [3.8, 4) is 5.75 Å². The van der Waals surface area contributed by atoms with Gasteiger partial charge in [0, 0.05) is 32.0 Å². The van der Waals surface area contributed by atoms with Gasteiger partial charge in [0.15, 0.2) is 0 Å². The van der Waals surface area contributed by atoms with Crippen LogP contribution >= 0.6 is 0 Å². The minimum Gasteiger partial charge on any atom is -0.497 e. The first kappa shape index (κ1) is 28.5. The number of nitrogens with zero attached hydrogens (tertiary/aromatic N) is 1. The first-order valence-corrected chi connectivity index (χ1v) is 12.9. The number of ether oxygens (including phenoxy) is 1. The molecule has 3 rings (SSSR count). The minimum absolute atomic E-state index is 0. The molecular weight excluding hydrogens is 432 g/mol. The molecule has 2 atom stereocenters. The molecule has 0 radical (unpaired) electrons. The van der Waals surface area contributed by atoms with E-state index >= 15 is 0 Å². The SMILES string of the molecule is C=C(CC1C(c2ccc(C(C)(C)C)cc2)N(CCc2ccc(OC)cc2)C(=O)C1(C)C)NC.CC.[HH]. The molecule has 0 saturated carbocycles. The van der Waals surface area contributed by atoms with Gasteiger partial charge in [0.1, 0.15) is 5.75 Å². The van der Waals surface area contributed by atoms with Crippen molar-refractivity contribution in [2.75, 3.05) is 20.7 Å². The number of hydrogen-bond acceptors (Lipinski definition) is 3. The predicted molar refractivity (Wildman–Crippen MR) is 150 cm³/mol. The predicted octanol–water partition coefficient (Wildman–Crippen LogP) is 7.16. The van der Waals surface area contributed by atoms with Gasteiger partial charge in [-0.1, -0.05) is 91.4 Å². The number of methoxy groups -OCH3 is 1. The number of rotatable bonds is 8. The van der Waals surface area contributed by atoms with Crippen LogP contribution in [0.3, 0.4) is 0 Å². The number of nitrogens with one attached hydrogen (secondary N) is 1. The molecule has 0 aliphatic carbocycles. The average Bonchev–Trinajstić information content (AvgIpc) is 3.03. The van der Waals surface area contributed by atoms with Crippen LogP contribution in [0.1, 0.15) is 79.0 Å². The number of likely N-dealkylation sites (tertiary alicyclic amines) is 1. The largest absolute Gasteiger partial charge is 0.497 e. The van der Waals surface area contributed by atoms with Crippen molar-refractivity contribution in [2.45, 2.75) is 72.8 Å². The van der Waals surface area contributed by atoms with Crippen LogP contribution in [0.5, 0.6) is 5.75 Å². The Bertz CT molecular complexity index is 975. The van der Waals surface area contributed by atoms with Crippen molar-refractivity contribution in [2.24, 2.45) is 11.3 Å². The van der Waals surface area contributed by atoms with Crippen LogP contribution in [0.25, 0.3) is 0 Å². The maximum Gasteiger partial charge on any atom is 0.229 e. The molecule has 0 aromatic heterocycles. The van der Waals surface area contributed by atoms with E-state index in [0.29, 0.717) is 6.54 Å². The van der Waals surface area contributed by atoms with Gasteiger partial charge < -0.3 is 15.0 Å². The van der Waals surface area contributed by atoms with E-state index in [4.69, 9.17) is 4.74 Å². The lowest BCUT2D eigenvalue weighted by atomic mass is 9.74. The maximum atomic E-state index is 13.7. The lowest BCUT2D eigenvalue weighted by Gasteiger charge is -2.31. The average molecular weight is 481 g/mol. The molecule has 2 aromatic carbocycles. The fourth-order valence-electron chi connectivity index (χ4n) is 4.88. The van der Waals surface area contributed by atoms with Crippen molar-refractivity contribution in [1.29, 1.82) is 0 Å². The lowest BCUT2D eigenvalue weighted by molar-refractivity contribution is -0.135. The standard InChI is InChI=1S/C29H40N2O2.C2H6.H2/c1-20(30-7)19-25-26(22-11-13-23(14-12-22)28(2,3)4)31(27(32)29(25,5)6)18-17-21-9-15-24(33-8)16-10-21;1-2;/h9-16,25-26,30H,1,17-19H2,2-8H3;1-2H3;1H. The molecule has 1 saturated heterocycles. The Morgan fingerprint density at radius 3 is 2.14 bits per heavy atom.